The fraction of sp³-hybridized carbons (Fsp3) is 0.111. The van der Waals surface area contributed by atoms with Crippen molar-refractivity contribution in [2.45, 2.75) is 100.0 Å². The Bertz CT molecular complexity index is 4970. The van der Waals surface area contributed by atoms with Crippen molar-refractivity contribution in [2.75, 3.05) is 0 Å². The molecule has 0 aromatic heterocycles. The summed E-state index contributed by atoms with van der Waals surface area (Å²) in [6.45, 7) is 16.2. The average Bonchev–Trinajstić information content (AvgIpc) is 0.874. The maximum absolute atomic E-state index is 12.8. The number of hydrogen-bond donors (Lipinski definition) is 0. The van der Waals surface area contributed by atoms with Crippen molar-refractivity contribution in [2.24, 2.45) is 0 Å². The third-order valence-electron chi connectivity index (χ3n) is 16.2. The molecule has 11 nitrogen and oxygen atoms in total. The number of rotatable bonds is 17. The second-order valence-corrected chi connectivity index (χ2v) is 31.7. The molecule has 0 aliphatic rings. The van der Waals surface area contributed by atoms with E-state index in [1.54, 1.807) is 170 Å². The molecule has 0 atom stereocenters. The van der Waals surface area contributed by atoms with E-state index in [0.29, 0.717) is 34.5 Å². The number of hydrogen-bond acceptors (Lipinski definition) is 11. The summed E-state index contributed by atoms with van der Waals surface area (Å²) in [6.07, 6.45) is 0. The maximum Gasteiger partial charge on any atom is 0.206 e. The Morgan fingerprint density at radius 2 is 0.333 bits per heavy atom. The molecule has 0 fully saturated rings. The minimum atomic E-state index is -3.62. The molecule has 15 heteroatoms. The molecule has 0 bridgehead atoms. The monoisotopic (exact) mass is 1350 g/mol. The van der Waals surface area contributed by atoms with Crippen molar-refractivity contribution in [3.05, 3.63) is 336 Å². The van der Waals surface area contributed by atoms with Gasteiger partial charge < -0.3 is 14.2 Å². The molecular formula is C81H72O11S4. The summed E-state index contributed by atoms with van der Waals surface area (Å²) < 4.78 is 120. The first-order valence-corrected chi connectivity index (χ1v) is 36.7. The van der Waals surface area contributed by atoms with Crippen LogP contribution in [-0.2, 0) is 44.8 Å². The minimum Gasteiger partial charge on any atom is -0.457 e. The summed E-state index contributed by atoms with van der Waals surface area (Å²) in [5, 5.41) is 0. The van der Waals surface area contributed by atoms with E-state index >= 15 is 0 Å². The second-order valence-electron chi connectivity index (χ2n) is 23.9. The first kappa shape index (κ1) is 68.7. The molecule has 0 radical (unpaired) electrons. The van der Waals surface area contributed by atoms with Crippen molar-refractivity contribution in [1.82, 2.24) is 0 Å². The van der Waals surface area contributed by atoms with Gasteiger partial charge in [-0.2, -0.15) is 0 Å². The van der Waals surface area contributed by atoms with Crippen LogP contribution >= 0.6 is 0 Å². The molecule has 12 aromatic rings. The topological polar surface area (TPSA) is 164 Å². The molecule has 486 valence electrons. The Balaban J connectivity index is 0.000000157. The molecule has 12 aromatic carbocycles. The second kappa shape index (κ2) is 29.2. The van der Waals surface area contributed by atoms with Crippen LogP contribution < -0.4 is 14.2 Å². The highest BCUT2D eigenvalue weighted by Gasteiger charge is 2.25. The Hall–Kier alpha value is -10.2. The van der Waals surface area contributed by atoms with Gasteiger partial charge in [-0.1, -0.05) is 169 Å². The van der Waals surface area contributed by atoms with E-state index in [1.807, 2.05) is 64.1 Å². The van der Waals surface area contributed by atoms with Gasteiger partial charge >= 0.3 is 0 Å². The van der Waals surface area contributed by atoms with E-state index in [-0.39, 0.29) is 44.6 Å². The molecule has 0 saturated carbocycles. The average molecular weight is 1350 g/mol. The molecule has 12 rings (SSSR count). The highest BCUT2D eigenvalue weighted by Crippen LogP contribution is 2.36. The summed E-state index contributed by atoms with van der Waals surface area (Å²) in [4.78, 5) is 1.85. The Labute approximate surface area is 564 Å². The third-order valence-corrected chi connectivity index (χ3v) is 23.3. The molecule has 0 unspecified atom stereocenters. The van der Waals surface area contributed by atoms with Crippen LogP contribution in [0.25, 0.3) is 11.1 Å². The summed E-state index contributed by atoms with van der Waals surface area (Å²) in [5.74, 6) is 3.44. The van der Waals surface area contributed by atoms with Crippen LogP contribution in [0.3, 0.4) is 0 Å². The van der Waals surface area contributed by atoms with E-state index in [0.717, 1.165) is 33.4 Å². The summed E-state index contributed by atoms with van der Waals surface area (Å²) in [7, 11) is -14.3. The number of aryl methyl sites for hydroxylation is 6. The molecule has 96 heavy (non-hydrogen) atoms. The van der Waals surface area contributed by atoms with Gasteiger partial charge in [0.1, 0.15) is 34.5 Å². The fourth-order valence-electron chi connectivity index (χ4n) is 10.1. The quantitative estimate of drug-likeness (QED) is 0.0852. The Kier molecular flexibility index (Phi) is 20.9. The number of sulfone groups is 4. The van der Waals surface area contributed by atoms with Crippen LogP contribution in [-0.4, -0.2) is 33.7 Å². The molecule has 0 aliphatic carbocycles. The summed E-state index contributed by atoms with van der Waals surface area (Å²) in [5.41, 5.74) is 11.1. The normalized spacial score (nSPS) is 11.7. The highest BCUT2D eigenvalue weighted by atomic mass is 32.2. The van der Waals surface area contributed by atoms with E-state index in [4.69, 9.17) is 14.2 Å². The zero-order valence-electron chi connectivity index (χ0n) is 54.3. The predicted molar refractivity (Wildman–Crippen MR) is 379 cm³/mol. The summed E-state index contributed by atoms with van der Waals surface area (Å²) in [6, 6.07) is 85.2. The molecule has 0 saturated heterocycles. The lowest BCUT2D eigenvalue weighted by Crippen LogP contribution is -2.18. The lowest BCUT2D eigenvalue weighted by atomic mass is 9.78. The van der Waals surface area contributed by atoms with Gasteiger partial charge in [-0.15, -0.1) is 0 Å². The van der Waals surface area contributed by atoms with Crippen LogP contribution in [0.2, 0.25) is 0 Å². The van der Waals surface area contributed by atoms with Gasteiger partial charge in [-0.05, 0) is 234 Å². The van der Waals surface area contributed by atoms with Crippen molar-refractivity contribution in [1.29, 1.82) is 0 Å². The van der Waals surface area contributed by atoms with Crippen molar-refractivity contribution >= 4 is 39.3 Å². The van der Waals surface area contributed by atoms with Crippen molar-refractivity contribution < 1.29 is 47.9 Å². The Morgan fingerprint density at radius 3 is 0.542 bits per heavy atom. The highest BCUT2D eigenvalue weighted by molar-refractivity contribution is 7.92. The number of ether oxygens (including phenoxy) is 3. The molecule has 0 amide bonds. The van der Waals surface area contributed by atoms with E-state index in [1.165, 1.54) is 46.5 Å². The predicted octanol–water partition coefficient (Wildman–Crippen LogP) is 19.6. The standard InChI is InChI=1S/C29H28O3S.C26H22O5S2.C26H22O3S/c1-21-5-9-23(10-6-21)29(3,4)24-11-13-25(14-12-24)32-26-15-19-28(20-16-26)33(30,31)27-17-7-22(2)8-18-27;1-19-3-11-23(12-4-19)32(27,28)25-15-7-21(8-16-25)31-22-9-17-26(18-10-22)33(29,30)24-13-5-20(2)6-14-24;1-19-3-7-21(8-4-19)22-9-11-23(12-10-22)29-24-13-17-26(18-14-24)30(27,28)25-15-5-20(2)6-16-25/h5-20H,1-4H3;3-18H,1-2H3;3-18H,1-2H3. The molecule has 0 heterocycles. The van der Waals surface area contributed by atoms with Crippen LogP contribution in [0.4, 0.5) is 0 Å². The van der Waals surface area contributed by atoms with Gasteiger partial charge in [0.15, 0.2) is 0 Å². The molecule has 0 aliphatic heterocycles. The zero-order valence-corrected chi connectivity index (χ0v) is 57.6. The van der Waals surface area contributed by atoms with Gasteiger partial charge in [0.2, 0.25) is 39.3 Å². The van der Waals surface area contributed by atoms with Crippen molar-refractivity contribution in [3.63, 3.8) is 0 Å². The third kappa shape index (κ3) is 16.7. The molecular weight excluding hydrogens is 1280 g/mol. The van der Waals surface area contributed by atoms with Gasteiger partial charge in [0, 0.05) is 5.41 Å². The maximum atomic E-state index is 12.8. The van der Waals surface area contributed by atoms with Crippen LogP contribution in [0.5, 0.6) is 34.5 Å². The van der Waals surface area contributed by atoms with E-state index < -0.39 is 39.3 Å². The first-order chi connectivity index (χ1) is 45.7. The van der Waals surface area contributed by atoms with Gasteiger partial charge in [0.25, 0.3) is 0 Å². The largest absolute Gasteiger partial charge is 0.457 e. The Morgan fingerprint density at radius 1 is 0.198 bits per heavy atom. The lowest BCUT2D eigenvalue weighted by Gasteiger charge is -2.26. The SMILES string of the molecule is Cc1ccc(-c2ccc(Oc3ccc(S(=O)(=O)c4ccc(C)cc4)cc3)cc2)cc1.Cc1ccc(C(C)(C)c2ccc(Oc3ccc(S(=O)(=O)c4ccc(C)cc4)cc3)cc2)cc1.Cc1ccc(S(=O)(=O)c2ccc(Oc3ccc(S(=O)(=O)c4ccc(C)cc4)cc3)cc2)cc1. The van der Waals surface area contributed by atoms with Crippen LogP contribution in [0.15, 0.2) is 330 Å². The minimum absolute atomic E-state index is 0.127. The lowest BCUT2D eigenvalue weighted by molar-refractivity contribution is 0.481. The molecule has 0 N–H and O–H groups in total. The van der Waals surface area contributed by atoms with Crippen LogP contribution in [0, 0.1) is 41.5 Å². The first-order valence-electron chi connectivity index (χ1n) is 30.8. The fourth-order valence-corrected chi connectivity index (χ4v) is 15.2. The smallest absolute Gasteiger partial charge is 0.206 e. The van der Waals surface area contributed by atoms with Gasteiger partial charge in [-0.25, -0.2) is 33.7 Å². The van der Waals surface area contributed by atoms with Crippen molar-refractivity contribution in [3.8, 4) is 45.6 Å². The number of benzene rings is 12. The van der Waals surface area contributed by atoms with E-state index in [2.05, 4.69) is 88.4 Å². The molecule has 0 spiro atoms. The van der Waals surface area contributed by atoms with Gasteiger partial charge in [-0.3, -0.25) is 0 Å². The van der Waals surface area contributed by atoms with Crippen LogP contribution in [0.1, 0.15) is 58.4 Å². The van der Waals surface area contributed by atoms with E-state index in [9.17, 15) is 33.7 Å². The summed E-state index contributed by atoms with van der Waals surface area (Å²) >= 11 is 0. The van der Waals surface area contributed by atoms with Gasteiger partial charge in [0.05, 0.1) is 39.2 Å². The zero-order chi connectivity index (χ0) is 68.4.